The zero-order chi connectivity index (χ0) is 12.7. The summed E-state index contributed by atoms with van der Waals surface area (Å²) < 4.78 is 28.1. The Morgan fingerprint density at radius 2 is 2.00 bits per heavy atom. The van der Waals surface area contributed by atoms with Crippen LogP contribution < -0.4 is 11.1 Å². The summed E-state index contributed by atoms with van der Waals surface area (Å²) in [6, 6.07) is 0.216. The summed E-state index contributed by atoms with van der Waals surface area (Å²) in [4.78, 5) is 11.6. The topological polar surface area (TPSA) is 64.4 Å². The molecule has 1 rings (SSSR count). The Bertz CT molecular complexity index is 232. The number of ether oxygens (including phenoxy) is 1. The van der Waals surface area contributed by atoms with Crippen LogP contribution in [0.25, 0.3) is 0 Å². The highest BCUT2D eigenvalue weighted by molar-refractivity contribution is 5.78. The molecule has 1 amide bonds. The summed E-state index contributed by atoms with van der Waals surface area (Å²) in [6.45, 7) is -0.162. The van der Waals surface area contributed by atoms with Gasteiger partial charge in [0.25, 0.3) is 6.43 Å². The highest BCUT2D eigenvalue weighted by atomic mass is 19.3. The molecule has 1 saturated carbocycles. The number of amides is 1. The summed E-state index contributed by atoms with van der Waals surface area (Å²) in [5.74, 6) is 0.00226. The molecule has 3 N–H and O–H groups in total. The van der Waals surface area contributed by atoms with Gasteiger partial charge in [-0.15, -0.1) is 0 Å². The standard InChI is InChI=1S/C11H20F2N2O2/c12-10(13)7-17-6-5-15-11(16)8-1-3-9(14)4-2-8/h8-10H,1-7,14H2,(H,15,16). The Morgan fingerprint density at radius 1 is 1.35 bits per heavy atom. The van der Waals surface area contributed by atoms with E-state index in [1.807, 2.05) is 0 Å². The van der Waals surface area contributed by atoms with Crippen molar-refractivity contribution < 1.29 is 18.3 Å². The maximum absolute atomic E-state index is 11.7. The lowest BCUT2D eigenvalue weighted by molar-refractivity contribution is -0.126. The van der Waals surface area contributed by atoms with Gasteiger partial charge in [-0.25, -0.2) is 8.78 Å². The molecule has 1 aliphatic carbocycles. The van der Waals surface area contributed by atoms with Crippen LogP contribution in [0.2, 0.25) is 0 Å². The molecule has 0 atom stereocenters. The molecule has 0 aromatic heterocycles. The van der Waals surface area contributed by atoms with Crippen LogP contribution in [-0.2, 0) is 9.53 Å². The summed E-state index contributed by atoms with van der Waals surface area (Å²) in [6.07, 6.45) is 0.918. The fraction of sp³-hybridized carbons (Fsp3) is 0.909. The van der Waals surface area contributed by atoms with Gasteiger partial charge in [0, 0.05) is 18.5 Å². The average molecular weight is 250 g/mol. The van der Waals surface area contributed by atoms with E-state index in [2.05, 4.69) is 10.1 Å². The van der Waals surface area contributed by atoms with Gasteiger partial charge in [0.15, 0.2) is 0 Å². The molecule has 0 aliphatic heterocycles. The second kappa shape index (κ2) is 7.55. The van der Waals surface area contributed by atoms with Crippen molar-refractivity contribution in [3.8, 4) is 0 Å². The van der Waals surface area contributed by atoms with Crippen molar-refractivity contribution >= 4 is 5.91 Å². The van der Waals surface area contributed by atoms with Gasteiger partial charge in [0.05, 0.1) is 6.61 Å². The number of carbonyl (C=O) groups excluding carboxylic acids is 1. The predicted octanol–water partition coefficient (Wildman–Crippen LogP) is 0.902. The number of nitrogens with one attached hydrogen (secondary N) is 1. The van der Waals surface area contributed by atoms with Crippen LogP contribution in [0.4, 0.5) is 8.78 Å². The number of nitrogens with two attached hydrogens (primary N) is 1. The molecule has 0 aromatic carbocycles. The third-order valence-corrected chi connectivity index (χ3v) is 2.93. The lowest BCUT2D eigenvalue weighted by Gasteiger charge is -2.25. The normalized spacial score (nSPS) is 24.9. The van der Waals surface area contributed by atoms with Crippen molar-refractivity contribution in [2.24, 2.45) is 11.7 Å². The van der Waals surface area contributed by atoms with E-state index in [9.17, 15) is 13.6 Å². The molecule has 17 heavy (non-hydrogen) atoms. The molecule has 0 bridgehead atoms. The molecule has 4 nitrogen and oxygen atoms in total. The van der Waals surface area contributed by atoms with Gasteiger partial charge in [0.2, 0.25) is 5.91 Å². The zero-order valence-corrected chi connectivity index (χ0v) is 9.83. The first-order valence-electron chi connectivity index (χ1n) is 5.98. The molecule has 0 aromatic rings. The second-order valence-electron chi connectivity index (χ2n) is 4.37. The van der Waals surface area contributed by atoms with E-state index in [1.54, 1.807) is 0 Å². The quantitative estimate of drug-likeness (QED) is 0.688. The summed E-state index contributed by atoms with van der Waals surface area (Å²) in [5.41, 5.74) is 5.74. The number of rotatable bonds is 6. The number of carbonyl (C=O) groups is 1. The van der Waals surface area contributed by atoms with Crippen molar-refractivity contribution in [1.82, 2.24) is 5.32 Å². The van der Waals surface area contributed by atoms with Gasteiger partial charge in [-0.3, -0.25) is 4.79 Å². The van der Waals surface area contributed by atoms with Crippen LogP contribution in [0.5, 0.6) is 0 Å². The predicted molar refractivity (Wildman–Crippen MR) is 59.8 cm³/mol. The first-order chi connectivity index (χ1) is 8.09. The maximum Gasteiger partial charge on any atom is 0.261 e. The largest absolute Gasteiger partial charge is 0.374 e. The Hall–Kier alpha value is -0.750. The van der Waals surface area contributed by atoms with Crippen LogP contribution in [0.3, 0.4) is 0 Å². The average Bonchev–Trinajstić information content (AvgIpc) is 2.29. The van der Waals surface area contributed by atoms with Crippen molar-refractivity contribution in [2.75, 3.05) is 19.8 Å². The van der Waals surface area contributed by atoms with Gasteiger partial charge in [-0.2, -0.15) is 0 Å². The molecule has 0 heterocycles. The van der Waals surface area contributed by atoms with Crippen molar-refractivity contribution in [2.45, 2.75) is 38.2 Å². The van der Waals surface area contributed by atoms with E-state index in [4.69, 9.17) is 5.73 Å². The molecule has 1 aliphatic rings. The lowest BCUT2D eigenvalue weighted by atomic mass is 9.86. The fourth-order valence-corrected chi connectivity index (χ4v) is 1.94. The minimum Gasteiger partial charge on any atom is -0.374 e. The SMILES string of the molecule is NC1CCC(C(=O)NCCOCC(F)F)CC1. The Kier molecular flexibility index (Phi) is 6.36. The van der Waals surface area contributed by atoms with Gasteiger partial charge in [-0.05, 0) is 25.7 Å². The van der Waals surface area contributed by atoms with Crippen molar-refractivity contribution in [3.05, 3.63) is 0 Å². The van der Waals surface area contributed by atoms with Crippen LogP contribution in [0.1, 0.15) is 25.7 Å². The second-order valence-corrected chi connectivity index (χ2v) is 4.37. The minimum atomic E-state index is -2.45. The van der Waals surface area contributed by atoms with Crippen LogP contribution in [-0.4, -0.2) is 38.1 Å². The summed E-state index contributed by atoms with van der Waals surface area (Å²) in [5, 5.41) is 2.69. The molecule has 6 heteroatoms. The number of halogens is 2. The van der Waals surface area contributed by atoms with Crippen LogP contribution in [0.15, 0.2) is 0 Å². The Morgan fingerprint density at radius 3 is 2.59 bits per heavy atom. The molecule has 100 valence electrons. The third-order valence-electron chi connectivity index (χ3n) is 2.93. The van der Waals surface area contributed by atoms with Crippen LogP contribution >= 0.6 is 0 Å². The Balaban J connectivity index is 2.05. The molecular weight excluding hydrogens is 230 g/mol. The van der Waals surface area contributed by atoms with Gasteiger partial charge in [0.1, 0.15) is 6.61 Å². The van der Waals surface area contributed by atoms with E-state index in [1.165, 1.54) is 0 Å². The van der Waals surface area contributed by atoms with Crippen molar-refractivity contribution in [1.29, 1.82) is 0 Å². The molecule has 0 unspecified atom stereocenters. The highest BCUT2D eigenvalue weighted by Gasteiger charge is 2.23. The lowest BCUT2D eigenvalue weighted by Crippen LogP contribution is -2.37. The van der Waals surface area contributed by atoms with E-state index in [-0.39, 0.29) is 31.0 Å². The van der Waals surface area contributed by atoms with Gasteiger partial charge >= 0.3 is 0 Å². The number of hydrogen-bond acceptors (Lipinski definition) is 3. The zero-order valence-electron chi connectivity index (χ0n) is 9.83. The smallest absolute Gasteiger partial charge is 0.261 e. The van der Waals surface area contributed by atoms with E-state index < -0.39 is 13.0 Å². The highest BCUT2D eigenvalue weighted by Crippen LogP contribution is 2.22. The van der Waals surface area contributed by atoms with E-state index in [0.29, 0.717) is 0 Å². The monoisotopic (exact) mass is 250 g/mol. The van der Waals surface area contributed by atoms with Gasteiger partial charge in [-0.1, -0.05) is 0 Å². The molecular formula is C11H20F2N2O2. The molecule has 0 saturated heterocycles. The van der Waals surface area contributed by atoms with Crippen LogP contribution in [0, 0.1) is 5.92 Å². The first kappa shape index (κ1) is 14.3. The summed E-state index contributed by atoms with van der Waals surface area (Å²) >= 11 is 0. The minimum absolute atomic E-state index is 0.0162. The van der Waals surface area contributed by atoms with E-state index >= 15 is 0 Å². The molecule has 0 spiro atoms. The first-order valence-corrected chi connectivity index (χ1v) is 5.98. The Labute approximate surface area is 99.9 Å². The molecule has 1 fully saturated rings. The van der Waals surface area contributed by atoms with E-state index in [0.717, 1.165) is 25.7 Å². The molecule has 0 radical (unpaired) electrons. The van der Waals surface area contributed by atoms with Gasteiger partial charge < -0.3 is 15.8 Å². The number of hydrogen-bond donors (Lipinski definition) is 2. The maximum atomic E-state index is 11.7. The summed E-state index contributed by atoms with van der Waals surface area (Å²) in [7, 11) is 0. The third kappa shape index (κ3) is 5.93. The number of alkyl halides is 2. The fourth-order valence-electron chi connectivity index (χ4n) is 1.94. The van der Waals surface area contributed by atoms with Crippen molar-refractivity contribution in [3.63, 3.8) is 0 Å².